The lowest BCUT2D eigenvalue weighted by molar-refractivity contribution is -0.120. The molecule has 1 atom stereocenters. The molecule has 6 nitrogen and oxygen atoms in total. The predicted octanol–water partition coefficient (Wildman–Crippen LogP) is 1.93. The first-order valence-corrected chi connectivity index (χ1v) is 9.09. The Morgan fingerprint density at radius 1 is 1.38 bits per heavy atom. The van der Waals surface area contributed by atoms with Crippen molar-refractivity contribution in [2.24, 2.45) is 7.05 Å². The van der Waals surface area contributed by atoms with E-state index in [1.165, 1.54) is 5.56 Å². The maximum absolute atomic E-state index is 12.2. The van der Waals surface area contributed by atoms with Crippen LogP contribution in [0.5, 0.6) is 0 Å². The minimum Gasteiger partial charge on any atom is -0.350 e. The Morgan fingerprint density at radius 3 is 2.88 bits per heavy atom. The molecule has 1 aromatic heterocycles. The largest absolute Gasteiger partial charge is 0.350 e. The minimum absolute atomic E-state index is 0.147. The molecule has 1 unspecified atom stereocenters. The molecule has 2 aromatic rings. The molecule has 1 N–H and O–H groups in total. The van der Waals surface area contributed by atoms with Crippen LogP contribution in [0.2, 0.25) is 0 Å². The number of nitrogens with one attached hydrogen (secondary N) is 1. The normalized spacial score (nSPS) is 22.3. The highest BCUT2D eigenvalue weighted by atomic mass is 16.2. The van der Waals surface area contributed by atoms with Crippen LogP contribution in [0.3, 0.4) is 0 Å². The Balaban J connectivity index is 1.46. The highest BCUT2D eigenvalue weighted by Gasteiger charge is 2.48. The number of rotatable bonds is 3. The van der Waals surface area contributed by atoms with Crippen LogP contribution in [0.25, 0.3) is 0 Å². The Morgan fingerprint density at radius 2 is 2.19 bits per heavy atom. The number of aromatic nitrogens is 2. The third-order valence-electron chi connectivity index (χ3n) is 5.78. The van der Waals surface area contributed by atoms with Gasteiger partial charge in [0.2, 0.25) is 5.91 Å². The third-order valence-corrected chi connectivity index (χ3v) is 5.78. The van der Waals surface area contributed by atoms with Crippen LogP contribution in [-0.4, -0.2) is 39.2 Å². The van der Waals surface area contributed by atoms with E-state index in [2.05, 4.69) is 27.5 Å². The molecule has 2 aliphatic heterocycles. The number of likely N-dealkylation sites (tertiary alicyclic amines) is 1. The van der Waals surface area contributed by atoms with Gasteiger partial charge in [0.1, 0.15) is 0 Å². The molecule has 4 rings (SSSR count). The number of benzene rings is 1. The summed E-state index contributed by atoms with van der Waals surface area (Å²) in [5.41, 5.74) is 2.88. The van der Waals surface area contributed by atoms with Gasteiger partial charge >= 0.3 is 0 Å². The van der Waals surface area contributed by atoms with Crippen LogP contribution in [0.1, 0.15) is 41.9 Å². The number of nitrogens with zero attached hydrogens (tertiary/aromatic N) is 4. The molecule has 1 amide bonds. The molecule has 1 spiro atoms. The fourth-order valence-corrected chi connectivity index (χ4v) is 4.43. The molecule has 2 aliphatic rings. The van der Waals surface area contributed by atoms with Crippen LogP contribution < -0.4 is 5.32 Å². The van der Waals surface area contributed by atoms with Gasteiger partial charge in [0.05, 0.1) is 17.8 Å². The fourth-order valence-electron chi connectivity index (χ4n) is 4.43. The van der Waals surface area contributed by atoms with Crippen molar-refractivity contribution in [2.45, 2.75) is 37.3 Å². The molecule has 2 fully saturated rings. The summed E-state index contributed by atoms with van der Waals surface area (Å²) in [6.45, 7) is 2.72. The SMILES string of the molecule is Cn1cc(C2CC(=O)NC23CCN(Cc2cccc(C#N)c2)CC3)cn1. The molecule has 6 heteroatoms. The van der Waals surface area contributed by atoms with Gasteiger partial charge in [0.25, 0.3) is 0 Å². The summed E-state index contributed by atoms with van der Waals surface area (Å²) in [7, 11) is 1.92. The molecule has 0 saturated carbocycles. The van der Waals surface area contributed by atoms with E-state index in [1.807, 2.05) is 42.3 Å². The van der Waals surface area contributed by atoms with Gasteiger partial charge in [-0.1, -0.05) is 12.1 Å². The fraction of sp³-hybridized carbons (Fsp3) is 0.450. The summed E-state index contributed by atoms with van der Waals surface area (Å²) >= 11 is 0. The van der Waals surface area contributed by atoms with Crippen molar-refractivity contribution in [3.8, 4) is 6.07 Å². The van der Waals surface area contributed by atoms with Gasteiger partial charge in [0.15, 0.2) is 0 Å². The Kier molecular flexibility index (Phi) is 4.25. The number of hydrogen-bond donors (Lipinski definition) is 1. The monoisotopic (exact) mass is 349 g/mol. The molecule has 0 aliphatic carbocycles. The van der Waals surface area contributed by atoms with Crippen molar-refractivity contribution >= 4 is 5.91 Å². The summed E-state index contributed by atoms with van der Waals surface area (Å²) in [6.07, 6.45) is 6.36. The summed E-state index contributed by atoms with van der Waals surface area (Å²) in [5, 5.41) is 16.6. The highest BCUT2D eigenvalue weighted by molar-refractivity contribution is 5.81. The molecule has 26 heavy (non-hydrogen) atoms. The molecule has 3 heterocycles. The van der Waals surface area contributed by atoms with Gasteiger partial charge in [-0.25, -0.2) is 0 Å². The van der Waals surface area contributed by atoms with Gasteiger partial charge in [-0.3, -0.25) is 14.4 Å². The second-order valence-corrected chi connectivity index (χ2v) is 7.50. The van der Waals surface area contributed by atoms with Crippen molar-refractivity contribution < 1.29 is 4.79 Å². The van der Waals surface area contributed by atoms with Gasteiger partial charge in [0, 0.05) is 50.8 Å². The third kappa shape index (κ3) is 3.11. The molecule has 0 radical (unpaired) electrons. The minimum atomic E-state index is -0.148. The number of hydrogen-bond acceptors (Lipinski definition) is 4. The summed E-state index contributed by atoms with van der Waals surface area (Å²) in [4.78, 5) is 14.6. The van der Waals surface area contributed by atoms with Crippen molar-refractivity contribution in [1.82, 2.24) is 20.0 Å². The zero-order valence-electron chi connectivity index (χ0n) is 15.0. The average Bonchev–Trinajstić information content (AvgIpc) is 3.20. The number of carbonyl (C=O) groups is 1. The van der Waals surface area contributed by atoms with E-state index in [0.717, 1.165) is 38.0 Å². The van der Waals surface area contributed by atoms with Crippen molar-refractivity contribution in [2.75, 3.05) is 13.1 Å². The Bertz CT molecular complexity index is 857. The van der Waals surface area contributed by atoms with Crippen LogP contribution >= 0.6 is 0 Å². The Hall–Kier alpha value is -2.65. The first-order valence-electron chi connectivity index (χ1n) is 9.09. The van der Waals surface area contributed by atoms with Crippen LogP contribution in [0.4, 0.5) is 0 Å². The topological polar surface area (TPSA) is 74.0 Å². The number of aryl methyl sites for hydroxylation is 1. The molecule has 0 bridgehead atoms. The van der Waals surface area contributed by atoms with Gasteiger partial charge in [-0.2, -0.15) is 10.4 Å². The van der Waals surface area contributed by atoms with E-state index in [-0.39, 0.29) is 17.4 Å². The Labute approximate surface area is 153 Å². The summed E-state index contributed by atoms with van der Waals surface area (Å²) < 4.78 is 1.81. The molecular weight excluding hydrogens is 326 g/mol. The highest BCUT2D eigenvalue weighted by Crippen LogP contribution is 2.43. The summed E-state index contributed by atoms with van der Waals surface area (Å²) in [6, 6.07) is 10.0. The van der Waals surface area contributed by atoms with Gasteiger partial charge < -0.3 is 5.32 Å². The zero-order valence-corrected chi connectivity index (χ0v) is 15.0. The lowest BCUT2D eigenvalue weighted by Gasteiger charge is -2.42. The van der Waals surface area contributed by atoms with E-state index >= 15 is 0 Å². The van der Waals surface area contributed by atoms with Crippen LogP contribution in [-0.2, 0) is 18.4 Å². The standard InChI is InChI=1S/C20H23N5O/c1-24-14-17(12-22-24)18-10-19(26)23-20(18)5-7-25(8-6-20)13-16-4-2-3-15(9-16)11-21/h2-4,9,12,14,18H,5-8,10,13H2,1H3,(H,23,26). The number of amides is 1. The van der Waals surface area contributed by atoms with Crippen molar-refractivity contribution in [3.63, 3.8) is 0 Å². The van der Waals surface area contributed by atoms with E-state index in [0.29, 0.717) is 12.0 Å². The van der Waals surface area contributed by atoms with Crippen molar-refractivity contribution in [3.05, 3.63) is 53.3 Å². The number of nitriles is 1. The lowest BCUT2D eigenvalue weighted by atomic mass is 9.75. The number of piperidine rings is 1. The van der Waals surface area contributed by atoms with Crippen LogP contribution in [0.15, 0.2) is 36.7 Å². The first-order chi connectivity index (χ1) is 12.6. The first kappa shape index (κ1) is 16.8. The van der Waals surface area contributed by atoms with Crippen molar-refractivity contribution in [1.29, 1.82) is 5.26 Å². The zero-order chi connectivity index (χ0) is 18.1. The maximum Gasteiger partial charge on any atom is 0.221 e. The molecule has 2 saturated heterocycles. The average molecular weight is 349 g/mol. The smallest absolute Gasteiger partial charge is 0.221 e. The maximum atomic E-state index is 12.2. The second-order valence-electron chi connectivity index (χ2n) is 7.50. The summed E-state index contributed by atoms with van der Waals surface area (Å²) in [5.74, 6) is 0.349. The van der Waals surface area contributed by atoms with Crippen LogP contribution in [0, 0.1) is 11.3 Å². The van der Waals surface area contributed by atoms with Gasteiger partial charge in [-0.15, -0.1) is 0 Å². The van der Waals surface area contributed by atoms with E-state index < -0.39 is 0 Å². The molecule has 134 valence electrons. The molecular formula is C20H23N5O. The van der Waals surface area contributed by atoms with Gasteiger partial charge in [-0.05, 0) is 36.1 Å². The second kappa shape index (κ2) is 6.58. The lowest BCUT2D eigenvalue weighted by Crippen LogP contribution is -2.53. The number of carbonyl (C=O) groups excluding carboxylic acids is 1. The molecule has 1 aromatic carbocycles. The van der Waals surface area contributed by atoms with E-state index in [9.17, 15) is 4.79 Å². The predicted molar refractivity (Wildman–Crippen MR) is 97.1 cm³/mol. The quantitative estimate of drug-likeness (QED) is 0.919. The van der Waals surface area contributed by atoms with E-state index in [1.54, 1.807) is 0 Å². The van der Waals surface area contributed by atoms with E-state index in [4.69, 9.17) is 5.26 Å².